The van der Waals surface area contributed by atoms with E-state index in [2.05, 4.69) is 5.32 Å². The summed E-state index contributed by atoms with van der Waals surface area (Å²) in [4.78, 5) is 11.8. The third-order valence-corrected chi connectivity index (χ3v) is 3.68. The molecule has 7 nitrogen and oxygen atoms in total. The van der Waals surface area contributed by atoms with Crippen molar-refractivity contribution in [1.29, 1.82) is 0 Å². The van der Waals surface area contributed by atoms with E-state index in [-0.39, 0.29) is 22.9 Å². The molecular weight excluding hydrogens is 294 g/mol. The minimum atomic E-state index is -3.85. The van der Waals surface area contributed by atoms with E-state index in [4.69, 9.17) is 15.6 Å². The number of benzene rings is 1. The molecule has 1 rings (SSSR count). The Kier molecular flexibility index (Phi) is 5.32. The monoisotopic (exact) mass is 315 g/mol. The van der Waals surface area contributed by atoms with Crippen molar-refractivity contribution in [3.63, 3.8) is 0 Å². The predicted molar refractivity (Wildman–Crippen MR) is 80.5 cm³/mol. The molecule has 0 aliphatic heterocycles. The molecule has 8 heteroatoms. The van der Waals surface area contributed by atoms with Gasteiger partial charge < -0.3 is 15.8 Å². The number of methoxy groups -OCH3 is 1. The fraction of sp³-hybridized carbons (Fsp3) is 0.462. The molecule has 1 aromatic carbocycles. The molecule has 0 heterocycles. The molecule has 0 radical (unpaired) electrons. The van der Waals surface area contributed by atoms with Gasteiger partial charge in [-0.05, 0) is 38.5 Å². The van der Waals surface area contributed by atoms with E-state index in [0.717, 1.165) is 0 Å². The van der Waals surface area contributed by atoms with Crippen LogP contribution in [0.5, 0.6) is 5.75 Å². The summed E-state index contributed by atoms with van der Waals surface area (Å²) in [5.41, 5.74) is 5.61. The van der Waals surface area contributed by atoms with E-state index >= 15 is 0 Å². The van der Waals surface area contributed by atoms with Crippen molar-refractivity contribution in [2.24, 2.45) is 10.9 Å². The second-order valence-electron chi connectivity index (χ2n) is 5.44. The van der Waals surface area contributed by atoms with Gasteiger partial charge in [-0.15, -0.1) is 0 Å². The predicted octanol–water partition coefficient (Wildman–Crippen LogP) is 0.799. The van der Waals surface area contributed by atoms with Crippen LogP contribution in [0, 0.1) is 0 Å². The lowest BCUT2D eigenvalue weighted by Crippen LogP contribution is -2.33. The Balaban J connectivity index is 2.93. The zero-order valence-electron chi connectivity index (χ0n) is 12.3. The number of rotatable bonds is 6. The first-order valence-corrected chi connectivity index (χ1v) is 7.87. The van der Waals surface area contributed by atoms with Crippen molar-refractivity contribution in [3.8, 4) is 5.75 Å². The normalized spacial score (nSPS) is 12.0. The molecule has 0 unspecified atom stereocenters. The molecule has 0 fully saturated rings. The van der Waals surface area contributed by atoms with Gasteiger partial charge in [-0.2, -0.15) is 0 Å². The van der Waals surface area contributed by atoms with E-state index in [0.29, 0.717) is 12.2 Å². The fourth-order valence-corrected chi connectivity index (χ4v) is 2.15. The minimum Gasteiger partial charge on any atom is -0.495 e. The molecule has 0 atom stereocenters. The van der Waals surface area contributed by atoms with Gasteiger partial charge in [-0.25, -0.2) is 13.6 Å². The Labute approximate surface area is 124 Å². The van der Waals surface area contributed by atoms with Crippen molar-refractivity contribution in [1.82, 2.24) is 0 Å². The zero-order valence-corrected chi connectivity index (χ0v) is 13.2. The highest BCUT2D eigenvalue weighted by Crippen LogP contribution is 2.27. The van der Waals surface area contributed by atoms with E-state index < -0.39 is 15.6 Å². The maximum Gasteiger partial charge on any atom is 0.238 e. The van der Waals surface area contributed by atoms with Crippen molar-refractivity contribution in [3.05, 3.63) is 18.2 Å². The van der Waals surface area contributed by atoms with Crippen LogP contribution in [0.25, 0.3) is 0 Å². The number of nitrogens with two attached hydrogens (primary N) is 2. The van der Waals surface area contributed by atoms with Crippen LogP contribution in [0.1, 0.15) is 26.7 Å². The number of hydrogen-bond donors (Lipinski definition) is 3. The summed E-state index contributed by atoms with van der Waals surface area (Å²) in [6, 6.07) is 4.01. The summed E-state index contributed by atoms with van der Waals surface area (Å²) in [6.07, 6.45) is 0.711. The topological polar surface area (TPSA) is 125 Å². The van der Waals surface area contributed by atoms with Gasteiger partial charge in [0.15, 0.2) is 0 Å². The Hall–Kier alpha value is -1.64. The van der Waals surface area contributed by atoms with E-state index in [9.17, 15) is 13.2 Å². The Morgan fingerprint density at radius 3 is 2.48 bits per heavy atom. The van der Waals surface area contributed by atoms with Gasteiger partial charge >= 0.3 is 0 Å². The smallest absolute Gasteiger partial charge is 0.238 e. The van der Waals surface area contributed by atoms with Gasteiger partial charge in [-0.3, -0.25) is 4.79 Å². The number of primary sulfonamides is 1. The van der Waals surface area contributed by atoms with Gasteiger partial charge in [0, 0.05) is 12.0 Å². The van der Waals surface area contributed by atoms with Crippen LogP contribution in [-0.2, 0) is 14.8 Å². The van der Waals surface area contributed by atoms with Crippen molar-refractivity contribution < 1.29 is 17.9 Å². The van der Waals surface area contributed by atoms with Crippen molar-refractivity contribution in [2.75, 3.05) is 12.4 Å². The summed E-state index contributed by atoms with van der Waals surface area (Å²) in [5, 5.41) is 7.67. The average Bonchev–Trinajstić information content (AvgIpc) is 2.34. The minimum absolute atomic E-state index is 0.0993. The van der Waals surface area contributed by atoms with Crippen LogP contribution < -0.4 is 20.9 Å². The maximum atomic E-state index is 11.9. The first-order chi connectivity index (χ1) is 9.53. The van der Waals surface area contributed by atoms with E-state index in [1.807, 2.05) is 13.8 Å². The lowest BCUT2D eigenvalue weighted by Gasteiger charge is -2.18. The Morgan fingerprint density at radius 1 is 1.38 bits per heavy atom. The zero-order chi connectivity index (χ0) is 16.3. The average molecular weight is 315 g/mol. The SMILES string of the molecule is COc1ccc(S(N)(=O)=O)cc1NC(=O)CCC(C)(C)N. The molecule has 0 aliphatic rings. The van der Waals surface area contributed by atoms with Crippen LogP contribution in [0.2, 0.25) is 0 Å². The van der Waals surface area contributed by atoms with Crippen LogP contribution in [-0.4, -0.2) is 27.0 Å². The first-order valence-electron chi connectivity index (χ1n) is 6.32. The van der Waals surface area contributed by atoms with Crippen LogP contribution in [0.15, 0.2) is 23.1 Å². The summed E-state index contributed by atoms with van der Waals surface area (Å²) < 4.78 is 27.8. The molecule has 1 aromatic rings. The summed E-state index contributed by atoms with van der Waals surface area (Å²) in [7, 11) is -2.43. The second-order valence-corrected chi connectivity index (χ2v) is 7.01. The Bertz CT molecular complexity index is 621. The molecule has 0 saturated heterocycles. The molecule has 0 aromatic heterocycles. The molecular formula is C13H21N3O4S. The molecule has 5 N–H and O–H groups in total. The van der Waals surface area contributed by atoms with Gasteiger partial charge in [0.1, 0.15) is 5.75 Å². The van der Waals surface area contributed by atoms with Crippen LogP contribution >= 0.6 is 0 Å². The summed E-state index contributed by atoms with van der Waals surface area (Å²) in [5.74, 6) is 0.0705. The number of amides is 1. The highest BCUT2D eigenvalue weighted by Gasteiger charge is 2.16. The summed E-state index contributed by atoms with van der Waals surface area (Å²) >= 11 is 0. The number of carbonyl (C=O) groups is 1. The number of anilines is 1. The lowest BCUT2D eigenvalue weighted by molar-refractivity contribution is -0.116. The molecule has 0 bridgehead atoms. The molecule has 21 heavy (non-hydrogen) atoms. The van der Waals surface area contributed by atoms with E-state index in [1.54, 1.807) is 0 Å². The molecule has 0 saturated carbocycles. The molecule has 0 spiro atoms. The molecule has 0 aliphatic carbocycles. The van der Waals surface area contributed by atoms with Gasteiger partial charge in [0.25, 0.3) is 0 Å². The number of hydrogen-bond acceptors (Lipinski definition) is 5. The number of sulfonamides is 1. The lowest BCUT2D eigenvalue weighted by atomic mass is 10.00. The van der Waals surface area contributed by atoms with Crippen LogP contribution in [0.3, 0.4) is 0 Å². The van der Waals surface area contributed by atoms with Crippen LogP contribution in [0.4, 0.5) is 5.69 Å². The fourth-order valence-electron chi connectivity index (χ4n) is 1.61. The number of nitrogens with one attached hydrogen (secondary N) is 1. The second kappa shape index (κ2) is 6.42. The van der Waals surface area contributed by atoms with Gasteiger partial charge in [0.2, 0.25) is 15.9 Å². The third kappa shape index (κ3) is 5.70. The Morgan fingerprint density at radius 2 is 2.00 bits per heavy atom. The number of ether oxygens (including phenoxy) is 1. The van der Waals surface area contributed by atoms with E-state index in [1.165, 1.54) is 25.3 Å². The first kappa shape index (κ1) is 17.4. The van der Waals surface area contributed by atoms with Gasteiger partial charge in [-0.1, -0.05) is 0 Å². The largest absolute Gasteiger partial charge is 0.495 e. The molecule has 118 valence electrons. The molecule has 1 amide bonds. The van der Waals surface area contributed by atoms with Crippen molar-refractivity contribution in [2.45, 2.75) is 37.1 Å². The standard InChI is InChI=1S/C13H21N3O4S/c1-13(2,14)7-6-12(17)16-10-8-9(21(15,18)19)4-5-11(10)20-3/h4-5,8H,6-7,14H2,1-3H3,(H,16,17)(H2,15,18,19). The third-order valence-electron chi connectivity index (χ3n) is 2.77. The van der Waals surface area contributed by atoms with Crippen molar-refractivity contribution >= 4 is 21.6 Å². The summed E-state index contributed by atoms with van der Waals surface area (Å²) in [6.45, 7) is 3.64. The number of carbonyl (C=O) groups excluding carboxylic acids is 1. The van der Waals surface area contributed by atoms with Gasteiger partial charge in [0.05, 0.1) is 17.7 Å². The quantitative estimate of drug-likeness (QED) is 0.716. The highest BCUT2D eigenvalue weighted by atomic mass is 32.2. The highest BCUT2D eigenvalue weighted by molar-refractivity contribution is 7.89. The maximum absolute atomic E-state index is 11.9.